The fraction of sp³-hybridized carbons (Fsp3) is 0.588. The van der Waals surface area contributed by atoms with Crippen molar-refractivity contribution >= 4 is 11.7 Å². The summed E-state index contributed by atoms with van der Waals surface area (Å²) >= 11 is 0. The molecule has 2 heterocycles. The highest BCUT2D eigenvalue weighted by molar-refractivity contribution is 5.80. The monoisotopic (exact) mass is 304 g/mol. The normalized spacial score (nSPS) is 22.8. The van der Waals surface area contributed by atoms with Crippen molar-refractivity contribution in [2.45, 2.75) is 25.4 Å². The van der Waals surface area contributed by atoms with Crippen molar-refractivity contribution < 1.29 is 14.3 Å². The summed E-state index contributed by atoms with van der Waals surface area (Å²) in [6, 6.07) is 8.44. The largest absolute Gasteiger partial charge is 0.467 e. The van der Waals surface area contributed by atoms with Crippen LogP contribution in [0.15, 0.2) is 24.3 Å². The van der Waals surface area contributed by atoms with Crippen molar-refractivity contribution in [3.63, 3.8) is 0 Å². The Hall–Kier alpha value is -1.59. The molecule has 0 aliphatic carbocycles. The zero-order valence-corrected chi connectivity index (χ0v) is 13.2. The van der Waals surface area contributed by atoms with Crippen LogP contribution in [0.5, 0.6) is 0 Å². The van der Waals surface area contributed by atoms with E-state index >= 15 is 0 Å². The molecule has 1 aromatic rings. The number of benzene rings is 1. The fourth-order valence-corrected chi connectivity index (χ4v) is 3.27. The predicted octanol–water partition coefficient (Wildman–Crippen LogP) is 1.66. The van der Waals surface area contributed by atoms with Gasteiger partial charge in [0.05, 0.1) is 20.3 Å². The van der Waals surface area contributed by atoms with E-state index in [0.717, 1.165) is 57.9 Å². The van der Waals surface area contributed by atoms with Crippen LogP contribution >= 0.6 is 0 Å². The van der Waals surface area contributed by atoms with Crippen molar-refractivity contribution in [3.8, 4) is 0 Å². The van der Waals surface area contributed by atoms with Crippen molar-refractivity contribution in [3.05, 3.63) is 29.8 Å². The zero-order valence-electron chi connectivity index (χ0n) is 13.2. The summed E-state index contributed by atoms with van der Waals surface area (Å²) in [7, 11) is 1.46. The number of hydrogen-bond donors (Lipinski definition) is 0. The van der Waals surface area contributed by atoms with Crippen LogP contribution in [-0.2, 0) is 20.8 Å². The van der Waals surface area contributed by atoms with Crippen LogP contribution in [0.3, 0.4) is 0 Å². The molecule has 0 N–H and O–H groups in total. The number of anilines is 1. The van der Waals surface area contributed by atoms with E-state index in [1.54, 1.807) is 0 Å². The van der Waals surface area contributed by atoms with Crippen LogP contribution in [0.4, 0.5) is 5.69 Å². The highest BCUT2D eigenvalue weighted by atomic mass is 16.5. The third-order valence-electron chi connectivity index (χ3n) is 4.50. The Balaban J connectivity index is 1.64. The lowest BCUT2D eigenvalue weighted by molar-refractivity contribution is -0.141. The lowest BCUT2D eigenvalue weighted by atomic mass is 10.1. The summed E-state index contributed by atoms with van der Waals surface area (Å²) in [5.74, 6) is -0.130. The van der Waals surface area contributed by atoms with Crippen LogP contribution in [0, 0.1) is 0 Å². The van der Waals surface area contributed by atoms with Gasteiger partial charge in [-0.2, -0.15) is 0 Å². The summed E-state index contributed by atoms with van der Waals surface area (Å²) in [6.07, 6.45) is 1.91. The van der Waals surface area contributed by atoms with E-state index in [9.17, 15) is 4.79 Å². The van der Waals surface area contributed by atoms with Crippen molar-refractivity contribution in [1.29, 1.82) is 0 Å². The Morgan fingerprint density at radius 3 is 2.64 bits per heavy atom. The van der Waals surface area contributed by atoms with Gasteiger partial charge in [0.1, 0.15) is 6.04 Å². The Bertz CT molecular complexity index is 497. The van der Waals surface area contributed by atoms with Gasteiger partial charge in [-0.15, -0.1) is 0 Å². The van der Waals surface area contributed by atoms with Crippen LogP contribution < -0.4 is 4.90 Å². The Morgan fingerprint density at radius 2 is 1.95 bits per heavy atom. The molecule has 0 bridgehead atoms. The Kier molecular flexibility index (Phi) is 4.95. The number of ether oxygens (including phenoxy) is 2. The van der Waals surface area contributed by atoms with Crippen LogP contribution in [-0.4, -0.2) is 56.9 Å². The molecule has 1 aromatic carbocycles. The van der Waals surface area contributed by atoms with Crippen molar-refractivity contribution in [2.75, 3.05) is 44.9 Å². The molecule has 22 heavy (non-hydrogen) atoms. The molecule has 5 heteroatoms. The highest BCUT2D eigenvalue weighted by Crippen LogP contribution is 2.26. The molecule has 2 aliphatic rings. The molecule has 0 spiro atoms. The second kappa shape index (κ2) is 7.11. The minimum Gasteiger partial charge on any atom is -0.467 e. The Labute approximate surface area is 131 Å². The molecule has 0 aromatic heterocycles. The number of methoxy groups -OCH3 is 1. The number of nitrogens with zero attached hydrogens (tertiary/aromatic N) is 2. The van der Waals surface area contributed by atoms with Crippen molar-refractivity contribution in [2.24, 2.45) is 0 Å². The summed E-state index contributed by atoms with van der Waals surface area (Å²) in [4.78, 5) is 16.4. The van der Waals surface area contributed by atoms with E-state index < -0.39 is 0 Å². The minimum absolute atomic E-state index is 0.130. The van der Waals surface area contributed by atoms with E-state index in [1.807, 2.05) is 0 Å². The van der Waals surface area contributed by atoms with Crippen LogP contribution in [0.1, 0.15) is 18.4 Å². The topological polar surface area (TPSA) is 42.0 Å². The van der Waals surface area contributed by atoms with Crippen molar-refractivity contribution in [1.82, 2.24) is 4.90 Å². The van der Waals surface area contributed by atoms with Gasteiger partial charge in [0.2, 0.25) is 0 Å². The lowest BCUT2D eigenvalue weighted by Gasteiger charge is -2.27. The van der Waals surface area contributed by atoms with Gasteiger partial charge in [-0.1, -0.05) is 12.1 Å². The van der Waals surface area contributed by atoms with Gasteiger partial charge in [0, 0.05) is 31.9 Å². The van der Waals surface area contributed by atoms with E-state index in [2.05, 4.69) is 34.1 Å². The molecular weight excluding hydrogens is 280 g/mol. The lowest BCUT2D eigenvalue weighted by Crippen LogP contribution is -2.37. The van der Waals surface area contributed by atoms with Gasteiger partial charge in [-0.05, 0) is 30.5 Å². The molecule has 5 nitrogen and oxygen atoms in total. The molecule has 2 fully saturated rings. The highest BCUT2D eigenvalue weighted by Gasteiger charge is 2.31. The second-order valence-electron chi connectivity index (χ2n) is 5.93. The zero-order chi connectivity index (χ0) is 15.4. The first-order valence-electron chi connectivity index (χ1n) is 8.01. The summed E-state index contributed by atoms with van der Waals surface area (Å²) in [5.41, 5.74) is 2.41. The van der Waals surface area contributed by atoms with Gasteiger partial charge >= 0.3 is 5.97 Å². The van der Waals surface area contributed by atoms with E-state index in [4.69, 9.17) is 9.47 Å². The van der Waals surface area contributed by atoms with Crippen LogP contribution in [0.2, 0.25) is 0 Å². The van der Waals surface area contributed by atoms with E-state index in [-0.39, 0.29) is 12.0 Å². The SMILES string of the molecule is COC(=O)C1CCCN1c1ccc(CN2CCOCC2)cc1. The van der Waals surface area contributed by atoms with Gasteiger partial charge in [0.15, 0.2) is 0 Å². The van der Waals surface area contributed by atoms with Gasteiger partial charge in [-0.3, -0.25) is 4.90 Å². The molecular formula is C17H24N2O3. The quantitative estimate of drug-likeness (QED) is 0.792. The molecule has 1 unspecified atom stereocenters. The number of esters is 1. The molecule has 0 radical (unpaired) electrons. The molecule has 120 valence electrons. The number of hydrogen-bond acceptors (Lipinski definition) is 5. The average molecular weight is 304 g/mol. The molecule has 2 saturated heterocycles. The van der Waals surface area contributed by atoms with Gasteiger partial charge < -0.3 is 14.4 Å². The van der Waals surface area contributed by atoms with Gasteiger partial charge in [-0.25, -0.2) is 4.79 Å². The third kappa shape index (κ3) is 3.42. The Morgan fingerprint density at radius 1 is 1.23 bits per heavy atom. The molecule has 3 rings (SSSR count). The molecule has 0 saturated carbocycles. The predicted molar refractivity (Wildman–Crippen MR) is 84.9 cm³/mol. The maximum Gasteiger partial charge on any atom is 0.328 e. The minimum atomic E-state index is -0.130. The second-order valence-corrected chi connectivity index (χ2v) is 5.93. The number of carbonyl (C=O) groups is 1. The number of rotatable bonds is 4. The molecule has 2 aliphatic heterocycles. The summed E-state index contributed by atoms with van der Waals surface area (Å²) < 4.78 is 10.3. The fourth-order valence-electron chi connectivity index (χ4n) is 3.27. The van der Waals surface area contributed by atoms with E-state index in [1.165, 1.54) is 12.7 Å². The maximum absolute atomic E-state index is 11.8. The smallest absolute Gasteiger partial charge is 0.328 e. The maximum atomic E-state index is 11.8. The van der Waals surface area contributed by atoms with Crippen LogP contribution in [0.25, 0.3) is 0 Å². The molecule has 1 atom stereocenters. The first kappa shape index (κ1) is 15.3. The summed E-state index contributed by atoms with van der Waals surface area (Å²) in [5, 5.41) is 0. The number of morpholine rings is 1. The van der Waals surface area contributed by atoms with E-state index in [0.29, 0.717) is 0 Å². The summed E-state index contributed by atoms with van der Waals surface area (Å²) in [6.45, 7) is 5.53. The first-order valence-corrected chi connectivity index (χ1v) is 8.01. The standard InChI is InChI=1S/C17H24N2O3/c1-21-17(20)16-3-2-8-19(16)15-6-4-14(5-7-15)13-18-9-11-22-12-10-18/h4-7,16H,2-3,8-13H2,1H3. The first-order chi connectivity index (χ1) is 10.8. The molecule has 0 amide bonds. The third-order valence-corrected chi connectivity index (χ3v) is 4.50. The number of carbonyl (C=O) groups excluding carboxylic acids is 1. The van der Waals surface area contributed by atoms with Gasteiger partial charge in [0.25, 0.3) is 0 Å². The average Bonchev–Trinajstić information content (AvgIpc) is 3.05.